The Bertz CT molecular complexity index is 489. The molecule has 1 aromatic rings. The lowest BCUT2D eigenvalue weighted by Gasteiger charge is -2.19. The number of benzene rings is 1. The summed E-state index contributed by atoms with van der Waals surface area (Å²) in [6.45, 7) is 4.06. The van der Waals surface area contributed by atoms with E-state index in [1.54, 1.807) is 0 Å². The molecular weight excluding hydrogens is 295 g/mol. The van der Waals surface area contributed by atoms with Crippen LogP contribution in [0.25, 0.3) is 0 Å². The number of nitrogens with one attached hydrogen (secondary N) is 1. The number of rotatable bonds is 8. The van der Waals surface area contributed by atoms with Gasteiger partial charge >= 0.3 is 13.7 Å². The molecule has 2 atom stereocenters. The molecule has 0 spiro atoms. The van der Waals surface area contributed by atoms with Crippen molar-refractivity contribution in [3.05, 3.63) is 35.9 Å². The summed E-state index contributed by atoms with van der Waals surface area (Å²) in [5.74, 6) is -0.753. The van der Waals surface area contributed by atoms with Crippen LogP contribution in [0.1, 0.15) is 25.8 Å². The number of hydrogen-bond donors (Lipinski definition) is 3. The third-order valence-corrected chi connectivity index (χ3v) is 2.96. The molecule has 0 fully saturated rings. The van der Waals surface area contributed by atoms with Crippen LogP contribution < -0.4 is 11.0 Å². The van der Waals surface area contributed by atoms with Gasteiger partial charge in [0.1, 0.15) is 6.04 Å². The number of hydroxylamine groups is 1. The molecule has 0 aromatic heterocycles. The zero-order valence-electron chi connectivity index (χ0n) is 12.1. The Morgan fingerprint density at radius 2 is 2.00 bits per heavy atom. The van der Waals surface area contributed by atoms with Crippen LogP contribution in [-0.2, 0) is 25.3 Å². The van der Waals surface area contributed by atoms with Crippen molar-refractivity contribution in [3.8, 4) is 0 Å². The van der Waals surface area contributed by atoms with Crippen LogP contribution >= 0.6 is 7.75 Å². The van der Waals surface area contributed by atoms with Crippen LogP contribution in [0.4, 0.5) is 0 Å². The summed E-state index contributed by atoms with van der Waals surface area (Å²) in [4.78, 5) is 25.9. The third kappa shape index (κ3) is 7.94. The topological polar surface area (TPSA) is 111 Å². The van der Waals surface area contributed by atoms with Crippen LogP contribution in [0.5, 0.6) is 0 Å². The average Bonchev–Trinajstić information content (AvgIpc) is 2.36. The largest absolute Gasteiger partial charge is 0.455 e. The number of nitrogens with two attached hydrogens (primary N) is 1. The Morgan fingerprint density at radius 1 is 1.38 bits per heavy atom. The van der Waals surface area contributed by atoms with Crippen LogP contribution in [0.3, 0.4) is 0 Å². The van der Waals surface area contributed by atoms with E-state index in [2.05, 4.69) is 10.0 Å². The van der Waals surface area contributed by atoms with Crippen LogP contribution in [0.15, 0.2) is 30.3 Å². The molecule has 7 nitrogen and oxygen atoms in total. The van der Waals surface area contributed by atoms with Crippen molar-refractivity contribution >= 4 is 13.7 Å². The second kappa shape index (κ2) is 8.26. The third-order valence-electron chi connectivity index (χ3n) is 2.52. The highest BCUT2D eigenvalue weighted by Crippen LogP contribution is 2.32. The van der Waals surface area contributed by atoms with E-state index < -0.39 is 19.8 Å². The van der Waals surface area contributed by atoms with E-state index in [0.717, 1.165) is 5.56 Å². The predicted molar refractivity (Wildman–Crippen MR) is 77.7 cm³/mol. The van der Waals surface area contributed by atoms with Crippen molar-refractivity contribution in [3.63, 3.8) is 0 Å². The van der Waals surface area contributed by atoms with Gasteiger partial charge in [0.05, 0.1) is 6.61 Å². The second-order valence-corrected chi connectivity index (χ2v) is 6.36. The zero-order chi connectivity index (χ0) is 15.9. The molecule has 0 radical (unpaired) electrons. The smallest absolute Gasteiger partial charge is 0.379 e. The average molecular weight is 316 g/mol. The summed E-state index contributed by atoms with van der Waals surface area (Å²) in [6, 6.07) is 8.51. The van der Waals surface area contributed by atoms with Crippen molar-refractivity contribution < 1.29 is 23.6 Å². The Hall–Kier alpha value is -1.24. The molecule has 0 aliphatic rings. The van der Waals surface area contributed by atoms with E-state index in [4.69, 9.17) is 15.2 Å². The lowest BCUT2D eigenvalue weighted by molar-refractivity contribution is -0.143. The minimum atomic E-state index is -4.35. The highest BCUT2D eigenvalue weighted by Gasteiger charge is 2.27. The van der Waals surface area contributed by atoms with E-state index in [-0.39, 0.29) is 12.5 Å². The first kappa shape index (κ1) is 17.8. The summed E-state index contributed by atoms with van der Waals surface area (Å²) < 4.78 is 15.2. The molecular formula is C13H21N2O5P. The van der Waals surface area contributed by atoms with Gasteiger partial charge in [-0.1, -0.05) is 44.2 Å². The van der Waals surface area contributed by atoms with E-state index in [1.807, 2.05) is 44.2 Å². The molecule has 0 bridgehead atoms. The zero-order valence-corrected chi connectivity index (χ0v) is 13.0. The Labute approximate surface area is 124 Å². The van der Waals surface area contributed by atoms with Gasteiger partial charge in [-0.25, -0.2) is 14.9 Å². The Kier molecular flexibility index (Phi) is 7.01. The first-order valence-corrected chi connectivity index (χ1v) is 8.18. The van der Waals surface area contributed by atoms with E-state index in [0.29, 0.717) is 6.42 Å². The SMILES string of the molecule is CC(C)C[C@@H](NOCc1ccccc1)C(=O)OP(N)(=O)O. The minimum Gasteiger partial charge on any atom is -0.379 e. The number of hydrogen-bond acceptors (Lipinski definition) is 5. The minimum absolute atomic E-state index is 0.159. The molecule has 1 aromatic carbocycles. The molecule has 0 aliphatic heterocycles. The maximum absolute atomic E-state index is 11.8. The van der Waals surface area contributed by atoms with E-state index in [1.165, 1.54) is 0 Å². The van der Waals surface area contributed by atoms with Gasteiger partial charge in [0.15, 0.2) is 0 Å². The van der Waals surface area contributed by atoms with Crippen LogP contribution in [0.2, 0.25) is 0 Å². The number of carbonyl (C=O) groups is 1. The lowest BCUT2D eigenvalue weighted by atomic mass is 10.1. The van der Waals surface area contributed by atoms with Gasteiger partial charge in [-0.05, 0) is 17.9 Å². The van der Waals surface area contributed by atoms with Gasteiger partial charge in [0, 0.05) is 0 Å². The quantitative estimate of drug-likeness (QED) is 0.494. The van der Waals surface area contributed by atoms with Crippen molar-refractivity contribution in [1.82, 2.24) is 5.48 Å². The van der Waals surface area contributed by atoms with Crippen LogP contribution in [-0.4, -0.2) is 16.9 Å². The standard InChI is InChI=1S/C13H21N2O5P/c1-10(2)8-12(13(16)20-21(14,17)18)15-19-9-11-6-4-3-5-7-11/h3-7,10,12,15H,8-9H2,1-2H3,(H3,14,17,18)/t12-/m1/s1. The summed E-state index contributed by atoms with van der Waals surface area (Å²) in [6.07, 6.45) is 0.383. The van der Waals surface area contributed by atoms with Gasteiger partial charge in [-0.3, -0.25) is 4.84 Å². The monoisotopic (exact) mass is 316 g/mol. The lowest BCUT2D eigenvalue weighted by Crippen LogP contribution is -2.39. The molecule has 21 heavy (non-hydrogen) atoms. The first-order valence-electron chi connectivity index (χ1n) is 6.54. The molecule has 118 valence electrons. The molecule has 0 amide bonds. The summed E-state index contributed by atoms with van der Waals surface area (Å²) in [5, 5.41) is 0. The molecule has 0 saturated carbocycles. The molecule has 4 N–H and O–H groups in total. The highest BCUT2D eigenvalue weighted by molar-refractivity contribution is 7.50. The van der Waals surface area contributed by atoms with E-state index >= 15 is 0 Å². The molecule has 1 unspecified atom stereocenters. The normalized spacial score (nSPS) is 15.5. The summed E-state index contributed by atoms with van der Waals surface area (Å²) in [7, 11) is -4.35. The van der Waals surface area contributed by atoms with Crippen LogP contribution in [0, 0.1) is 5.92 Å². The molecule has 8 heteroatoms. The van der Waals surface area contributed by atoms with Gasteiger partial charge < -0.3 is 9.42 Å². The maximum atomic E-state index is 11.8. The Balaban J connectivity index is 2.53. The fraction of sp³-hybridized carbons (Fsp3) is 0.462. The number of carbonyl (C=O) groups excluding carboxylic acids is 1. The molecule has 0 heterocycles. The van der Waals surface area contributed by atoms with E-state index in [9.17, 15) is 9.36 Å². The van der Waals surface area contributed by atoms with Crippen molar-refractivity contribution in [2.45, 2.75) is 32.9 Å². The van der Waals surface area contributed by atoms with Gasteiger partial charge in [-0.2, -0.15) is 5.48 Å². The van der Waals surface area contributed by atoms with Crippen molar-refractivity contribution in [2.75, 3.05) is 0 Å². The Morgan fingerprint density at radius 3 is 2.52 bits per heavy atom. The van der Waals surface area contributed by atoms with Crippen molar-refractivity contribution in [1.29, 1.82) is 0 Å². The molecule has 0 aliphatic carbocycles. The summed E-state index contributed by atoms with van der Waals surface area (Å²) >= 11 is 0. The van der Waals surface area contributed by atoms with Gasteiger partial charge in [0.2, 0.25) is 0 Å². The van der Waals surface area contributed by atoms with Gasteiger partial charge in [0.25, 0.3) is 0 Å². The molecule has 1 rings (SSSR count). The fourth-order valence-corrected chi connectivity index (χ4v) is 2.04. The van der Waals surface area contributed by atoms with Crippen molar-refractivity contribution in [2.24, 2.45) is 11.4 Å². The fourth-order valence-electron chi connectivity index (χ4n) is 1.66. The summed E-state index contributed by atoms with van der Waals surface area (Å²) in [5.41, 5.74) is 8.31. The van der Waals surface area contributed by atoms with Gasteiger partial charge in [-0.15, -0.1) is 0 Å². The predicted octanol–water partition coefficient (Wildman–Crippen LogP) is 1.72. The second-order valence-electron chi connectivity index (χ2n) is 5.05. The maximum Gasteiger partial charge on any atom is 0.455 e. The highest BCUT2D eigenvalue weighted by atomic mass is 31.2. The first-order chi connectivity index (χ1) is 9.78. The molecule has 0 saturated heterocycles.